The summed E-state index contributed by atoms with van der Waals surface area (Å²) in [6, 6.07) is 10.9. The van der Waals surface area contributed by atoms with E-state index in [2.05, 4.69) is 16.5 Å². The maximum atomic E-state index is 12.1. The molecule has 1 aromatic heterocycles. The standard InChI is InChI=1S/C16H16N4O/c17-8-13-2-1-3-14(6-13)11-20-16(21)7-15(10-19-20)18-9-12-4-5-12/h1-3,6-7,10,12,18H,4-5,9,11H2. The quantitative estimate of drug-likeness (QED) is 0.909. The highest BCUT2D eigenvalue weighted by Crippen LogP contribution is 2.28. The first-order chi connectivity index (χ1) is 10.2. The van der Waals surface area contributed by atoms with Gasteiger partial charge in [0.05, 0.1) is 30.1 Å². The van der Waals surface area contributed by atoms with Gasteiger partial charge in [0.25, 0.3) is 5.56 Å². The lowest BCUT2D eigenvalue weighted by atomic mass is 10.1. The molecule has 1 heterocycles. The van der Waals surface area contributed by atoms with Gasteiger partial charge in [-0.1, -0.05) is 12.1 Å². The van der Waals surface area contributed by atoms with E-state index in [4.69, 9.17) is 5.26 Å². The first-order valence-electron chi connectivity index (χ1n) is 7.05. The summed E-state index contributed by atoms with van der Waals surface area (Å²) >= 11 is 0. The van der Waals surface area contributed by atoms with E-state index >= 15 is 0 Å². The zero-order valence-electron chi connectivity index (χ0n) is 11.6. The highest BCUT2D eigenvalue weighted by molar-refractivity contribution is 5.39. The molecule has 1 aliphatic carbocycles. The van der Waals surface area contributed by atoms with Crippen LogP contribution in [0.1, 0.15) is 24.0 Å². The maximum Gasteiger partial charge on any atom is 0.269 e. The van der Waals surface area contributed by atoms with Crippen molar-refractivity contribution in [2.75, 3.05) is 11.9 Å². The van der Waals surface area contributed by atoms with Crippen molar-refractivity contribution < 1.29 is 0 Å². The van der Waals surface area contributed by atoms with Gasteiger partial charge >= 0.3 is 0 Å². The smallest absolute Gasteiger partial charge is 0.269 e. The lowest BCUT2D eigenvalue weighted by Gasteiger charge is -2.08. The Morgan fingerprint density at radius 1 is 1.38 bits per heavy atom. The third-order valence-corrected chi connectivity index (χ3v) is 3.55. The Morgan fingerprint density at radius 3 is 2.95 bits per heavy atom. The SMILES string of the molecule is N#Cc1cccc(Cn2ncc(NCC3CC3)cc2=O)c1. The maximum absolute atomic E-state index is 12.1. The van der Waals surface area contributed by atoms with Gasteiger partial charge in [0, 0.05) is 12.6 Å². The van der Waals surface area contributed by atoms with Gasteiger partial charge in [-0.3, -0.25) is 4.79 Å². The molecule has 0 bridgehead atoms. The van der Waals surface area contributed by atoms with Crippen LogP contribution in [-0.2, 0) is 6.54 Å². The Labute approximate surface area is 122 Å². The van der Waals surface area contributed by atoms with E-state index in [0.29, 0.717) is 12.1 Å². The molecule has 1 aliphatic rings. The molecule has 106 valence electrons. The van der Waals surface area contributed by atoms with Gasteiger partial charge in [0.15, 0.2) is 0 Å². The number of nitrogens with zero attached hydrogens (tertiary/aromatic N) is 3. The van der Waals surface area contributed by atoms with Gasteiger partial charge in [0.2, 0.25) is 0 Å². The Bertz CT molecular complexity index is 740. The molecule has 5 heteroatoms. The fraction of sp³-hybridized carbons (Fsp3) is 0.312. The molecule has 1 N–H and O–H groups in total. The number of benzene rings is 1. The minimum atomic E-state index is -0.141. The van der Waals surface area contributed by atoms with Crippen LogP contribution in [0.15, 0.2) is 41.3 Å². The van der Waals surface area contributed by atoms with Crippen LogP contribution in [0.25, 0.3) is 0 Å². The molecule has 0 spiro atoms. The van der Waals surface area contributed by atoms with Crippen LogP contribution < -0.4 is 10.9 Å². The highest BCUT2D eigenvalue weighted by Gasteiger charge is 2.20. The number of hydrogen-bond donors (Lipinski definition) is 1. The summed E-state index contributed by atoms with van der Waals surface area (Å²) < 4.78 is 1.40. The molecule has 5 nitrogen and oxygen atoms in total. The fourth-order valence-electron chi connectivity index (χ4n) is 2.15. The van der Waals surface area contributed by atoms with E-state index in [1.807, 2.05) is 12.1 Å². The summed E-state index contributed by atoms with van der Waals surface area (Å²) in [6.07, 6.45) is 4.22. The van der Waals surface area contributed by atoms with Gasteiger partial charge in [0.1, 0.15) is 0 Å². The molecule has 1 saturated carbocycles. The van der Waals surface area contributed by atoms with Gasteiger partial charge < -0.3 is 5.32 Å². The molecule has 21 heavy (non-hydrogen) atoms. The zero-order valence-corrected chi connectivity index (χ0v) is 11.6. The van der Waals surface area contributed by atoms with Gasteiger partial charge in [-0.2, -0.15) is 10.4 Å². The van der Waals surface area contributed by atoms with E-state index in [1.165, 1.54) is 17.5 Å². The molecule has 3 rings (SSSR count). The Morgan fingerprint density at radius 2 is 2.24 bits per heavy atom. The molecule has 0 atom stereocenters. The van der Waals surface area contributed by atoms with Crippen molar-refractivity contribution >= 4 is 5.69 Å². The van der Waals surface area contributed by atoms with E-state index in [1.54, 1.807) is 24.4 Å². The van der Waals surface area contributed by atoms with Gasteiger partial charge in [-0.15, -0.1) is 0 Å². The molecular weight excluding hydrogens is 264 g/mol. The lowest BCUT2D eigenvalue weighted by Crippen LogP contribution is -2.23. The highest BCUT2D eigenvalue weighted by atomic mass is 16.1. The minimum absolute atomic E-state index is 0.141. The molecular formula is C16H16N4O. The van der Waals surface area contributed by atoms with Crippen molar-refractivity contribution in [2.24, 2.45) is 5.92 Å². The van der Waals surface area contributed by atoms with Crippen LogP contribution in [0.2, 0.25) is 0 Å². The number of nitrogens with one attached hydrogen (secondary N) is 1. The largest absolute Gasteiger partial charge is 0.383 e. The lowest BCUT2D eigenvalue weighted by molar-refractivity contribution is 0.639. The fourth-order valence-corrected chi connectivity index (χ4v) is 2.15. The third-order valence-electron chi connectivity index (χ3n) is 3.55. The first kappa shape index (κ1) is 13.4. The van der Waals surface area contributed by atoms with Crippen LogP contribution in [0.5, 0.6) is 0 Å². The minimum Gasteiger partial charge on any atom is -0.383 e. The molecule has 0 saturated heterocycles. The van der Waals surface area contributed by atoms with Crippen LogP contribution in [0.3, 0.4) is 0 Å². The molecule has 0 aliphatic heterocycles. The number of aromatic nitrogens is 2. The summed E-state index contributed by atoms with van der Waals surface area (Å²) in [6.45, 7) is 1.28. The number of hydrogen-bond acceptors (Lipinski definition) is 4. The zero-order chi connectivity index (χ0) is 14.7. The number of nitriles is 1. The van der Waals surface area contributed by atoms with E-state index in [9.17, 15) is 4.79 Å². The average molecular weight is 280 g/mol. The van der Waals surface area contributed by atoms with Crippen molar-refractivity contribution in [3.05, 3.63) is 58.0 Å². The summed E-state index contributed by atoms with van der Waals surface area (Å²) in [7, 11) is 0. The number of rotatable bonds is 5. The Hall–Kier alpha value is -2.61. The Balaban J connectivity index is 1.72. The molecule has 0 amide bonds. The predicted octanol–water partition coefficient (Wildman–Crippen LogP) is 1.99. The van der Waals surface area contributed by atoms with Crippen LogP contribution in [0.4, 0.5) is 5.69 Å². The summed E-state index contributed by atoms with van der Waals surface area (Å²) in [4.78, 5) is 12.1. The molecule has 1 fully saturated rings. The molecule has 0 radical (unpaired) electrons. The van der Waals surface area contributed by atoms with E-state index in [0.717, 1.165) is 23.7 Å². The normalized spacial score (nSPS) is 13.7. The summed E-state index contributed by atoms with van der Waals surface area (Å²) in [5.41, 5.74) is 2.11. The second kappa shape index (κ2) is 5.80. The van der Waals surface area contributed by atoms with Gasteiger partial charge in [-0.25, -0.2) is 4.68 Å². The second-order valence-electron chi connectivity index (χ2n) is 5.38. The Kier molecular flexibility index (Phi) is 3.69. The van der Waals surface area contributed by atoms with Gasteiger partial charge in [-0.05, 0) is 36.5 Å². The van der Waals surface area contributed by atoms with E-state index in [-0.39, 0.29) is 5.56 Å². The van der Waals surface area contributed by atoms with Crippen LogP contribution in [-0.4, -0.2) is 16.3 Å². The topological polar surface area (TPSA) is 70.7 Å². The van der Waals surface area contributed by atoms with Crippen molar-refractivity contribution in [3.8, 4) is 6.07 Å². The first-order valence-corrected chi connectivity index (χ1v) is 7.05. The van der Waals surface area contributed by atoms with Crippen molar-refractivity contribution in [2.45, 2.75) is 19.4 Å². The van der Waals surface area contributed by atoms with E-state index < -0.39 is 0 Å². The molecule has 2 aromatic rings. The second-order valence-corrected chi connectivity index (χ2v) is 5.38. The monoisotopic (exact) mass is 280 g/mol. The molecule has 1 aromatic carbocycles. The average Bonchev–Trinajstić information content (AvgIpc) is 3.32. The third kappa shape index (κ3) is 3.48. The summed E-state index contributed by atoms with van der Waals surface area (Å²) in [5, 5.41) is 16.3. The predicted molar refractivity (Wildman–Crippen MR) is 80.0 cm³/mol. The van der Waals surface area contributed by atoms with Crippen LogP contribution in [0, 0.1) is 17.2 Å². The van der Waals surface area contributed by atoms with Crippen LogP contribution >= 0.6 is 0 Å². The summed E-state index contributed by atoms with van der Waals surface area (Å²) in [5.74, 6) is 0.751. The van der Waals surface area contributed by atoms with Crippen molar-refractivity contribution in [1.82, 2.24) is 9.78 Å². The number of anilines is 1. The van der Waals surface area contributed by atoms with Crippen molar-refractivity contribution in [1.29, 1.82) is 5.26 Å². The van der Waals surface area contributed by atoms with Crippen molar-refractivity contribution in [3.63, 3.8) is 0 Å². The molecule has 0 unspecified atom stereocenters.